The number of hydrogen-bond donors (Lipinski definition) is 2. The Morgan fingerprint density at radius 2 is 1.83 bits per heavy atom. The fourth-order valence-corrected chi connectivity index (χ4v) is 3.60. The summed E-state index contributed by atoms with van der Waals surface area (Å²) in [6.07, 6.45) is 3.72. The quantitative estimate of drug-likeness (QED) is 0.338. The summed E-state index contributed by atoms with van der Waals surface area (Å²) in [6, 6.07) is 19.3. The Kier molecular flexibility index (Phi) is 8.03. The van der Waals surface area contributed by atoms with Gasteiger partial charge in [0.1, 0.15) is 5.75 Å². The zero-order valence-electron chi connectivity index (χ0n) is 17.0. The van der Waals surface area contributed by atoms with Gasteiger partial charge in [-0.05, 0) is 43.4 Å². The van der Waals surface area contributed by atoms with Crippen LogP contribution in [-0.4, -0.2) is 38.7 Å². The lowest BCUT2D eigenvalue weighted by Gasteiger charge is -2.20. The van der Waals surface area contributed by atoms with E-state index < -0.39 is 0 Å². The van der Waals surface area contributed by atoms with Crippen LogP contribution in [0.5, 0.6) is 5.75 Å². The van der Waals surface area contributed by atoms with E-state index in [1.165, 1.54) is 24.1 Å². The maximum atomic E-state index is 6.02. The fourth-order valence-electron chi connectivity index (χ4n) is 3.60. The molecule has 4 rings (SSSR count). The number of nitrogens with one attached hydrogen (secondary N) is 2. The van der Waals surface area contributed by atoms with Crippen molar-refractivity contribution in [3.63, 3.8) is 0 Å². The van der Waals surface area contributed by atoms with E-state index in [9.17, 15) is 0 Å². The van der Waals surface area contributed by atoms with Crippen LogP contribution < -0.4 is 20.3 Å². The van der Waals surface area contributed by atoms with Crippen molar-refractivity contribution in [3.05, 3.63) is 60.2 Å². The lowest BCUT2D eigenvalue weighted by molar-refractivity contribution is 0.296. The third kappa shape index (κ3) is 6.26. The first-order valence-electron chi connectivity index (χ1n) is 10.3. The number of aliphatic imine (C=N–C) groups is 1. The van der Waals surface area contributed by atoms with Crippen LogP contribution in [0.15, 0.2) is 59.6 Å². The van der Waals surface area contributed by atoms with Crippen LogP contribution in [0.3, 0.4) is 0 Å². The van der Waals surface area contributed by atoms with Crippen LogP contribution >= 0.6 is 24.0 Å². The molecule has 1 saturated heterocycles. The fraction of sp³-hybridized carbons (Fsp3) is 0.435. The molecular weight excluding hydrogens is 475 g/mol. The van der Waals surface area contributed by atoms with E-state index in [1.54, 1.807) is 0 Å². The van der Waals surface area contributed by atoms with Crippen molar-refractivity contribution in [1.29, 1.82) is 0 Å². The molecule has 156 valence electrons. The highest BCUT2D eigenvalue weighted by Crippen LogP contribution is 2.30. The lowest BCUT2D eigenvalue weighted by atomic mass is 10.2. The first kappa shape index (κ1) is 21.7. The zero-order chi connectivity index (χ0) is 19.2. The minimum atomic E-state index is 0. The Hall–Kier alpha value is -1.96. The molecule has 6 heteroatoms. The van der Waals surface area contributed by atoms with Crippen LogP contribution in [0.2, 0.25) is 0 Å². The molecule has 29 heavy (non-hydrogen) atoms. The van der Waals surface area contributed by atoms with E-state index in [2.05, 4.69) is 69.1 Å². The number of nitrogens with zero attached hydrogens (tertiary/aromatic N) is 2. The largest absolute Gasteiger partial charge is 0.493 e. The molecule has 2 N–H and O–H groups in total. The highest BCUT2D eigenvalue weighted by Gasteiger charge is 2.24. The van der Waals surface area contributed by atoms with Gasteiger partial charge in [0.05, 0.1) is 6.61 Å². The smallest absolute Gasteiger partial charge is 0.191 e. The molecule has 2 fully saturated rings. The molecule has 2 aromatic carbocycles. The van der Waals surface area contributed by atoms with Crippen LogP contribution in [0.1, 0.15) is 24.8 Å². The lowest BCUT2D eigenvalue weighted by Crippen LogP contribution is -2.44. The molecule has 5 nitrogen and oxygen atoms in total. The first-order chi connectivity index (χ1) is 13.8. The molecule has 1 saturated carbocycles. The van der Waals surface area contributed by atoms with Crippen molar-refractivity contribution in [3.8, 4) is 5.75 Å². The number of hydrogen-bond acceptors (Lipinski definition) is 3. The van der Waals surface area contributed by atoms with Crippen molar-refractivity contribution >= 4 is 35.6 Å². The Bertz CT molecular complexity index is 794. The van der Waals surface area contributed by atoms with Crippen molar-refractivity contribution in [1.82, 2.24) is 10.6 Å². The summed E-state index contributed by atoms with van der Waals surface area (Å²) in [6.45, 7) is 3.60. The normalized spacial score (nSPS) is 18.9. The molecule has 0 radical (unpaired) electrons. The standard InChI is InChI=1S/C23H30N4O.HI/c1-24-23(26-20-13-14-27(16-20)21-8-3-2-4-9-21)25-15-19-7-5-6-10-22(19)28-17-18-11-12-18;/h2-10,18,20H,11-17H2,1H3,(H2,24,25,26);1H. The number of guanidine groups is 1. The highest BCUT2D eigenvalue weighted by molar-refractivity contribution is 14.0. The Labute approximate surface area is 191 Å². The van der Waals surface area contributed by atoms with Gasteiger partial charge in [0.2, 0.25) is 0 Å². The van der Waals surface area contributed by atoms with Gasteiger partial charge in [-0.25, -0.2) is 0 Å². The second-order valence-corrected chi connectivity index (χ2v) is 7.70. The molecule has 2 aliphatic rings. The monoisotopic (exact) mass is 506 g/mol. The molecule has 1 heterocycles. The Morgan fingerprint density at radius 3 is 2.59 bits per heavy atom. The molecule has 2 aromatic rings. The second-order valence-electron chi connectivity index (χ2n) is 7.70. The van der Waals surface area contributed by atoms with Gasteiger partial charge >= 0.3 is 0 Å². The topological polar surface area (TPSA) is 48.9 Å². The maximum Gasteiger partial charge on any atom is 0.191 e. The summed E-state index contributed by atoms with van der Waals surface area (Å²) in [4.78, 5) is 6.84. The van der Waals surface area contributed by atoms with E-state index in [0.29, 0.717) is 12.6 Å². The molecule has 0 aromatic heterocycles. The summed E-state index contributed by atoms with van der Waals surface area (Å²) in [5.74, 6) is 2.58. The van der Waals surface area contributed by atoms with Gasteiger partial charge in [-0.15, -0.1) is 24.0 Å². The molecular formula is C23H31IN4O. The van der Waals surface area contributed by atoms with Gasteiger partial charge in [-0.2, -0.15) is 0 Å². The van der Waals surface area contributed by atoms with Gasteiger partial charge in [0.15, 0.2) is 5.96 Å². The molecule has 0 amide bonds. The number of ether oxygens (including phenoxy) is 1. The van der Waals surface area contributed by atoms with E-state index in [4.69, 9.17) is 4.74 Å². The summed E-state index contributed by atoms with van der Waals surface area (Å²) in [5.41, 5.74) is 2.46. The number of para-hydroxylation sites is 2. The Morgan fingerprint density at radius 1 is 1.07 bits per heavy atom. The minimum Gasteiger partial charge on any atom is -0.493 e. The first-order valence-corrected chi connectivity index (χ1v) is 10.3. The predicted octanol–water partition coefficient (Wildman–Crippen LogP) is 4.04. The SMILES string of the molecule is CN=C(NCc1ccccc1OCC1CC1)NC1CCN(c2ccccc2)C1.I. The zero-order valence-corrected chi connectivity index (χ0v) is 19.3. The summed E-state index contributed by atoms with van der Waals surface area (Å²) in [7, 11) is 1.83. The number of anilines is 1. The molecule has 0 spiro atoms. The molecule has 1 aliphatic heterocycles. The van der Waals surface area contributed by atoms with E-state index in [-0.39, 0.29) is 24.0 Å². The van der Waals surface area contributed by atoms with E-state index in [1.807, 2.05) is 13.1 Å². The van der Waals surface area contributed by atoms with Crippen molar-refractivity contribution in [2.75, 3.05) is 31.6 Å². The third-order valence-corrected chi connectivity index (χ3v) is 5.46. The number of halogens is 1. The molecule has 1 unspecified atom stereocenters. The minimum absolute atomic E-state index is 0. The summed E-state index contributed by atoms with van der Waals surface area (Å²) >= 11 is 0. The van der Waals surface area contributed by atoms with Gasteiger partial charge in [-0.3, -0.25) is 4.99 Å². The maximum absolute atomic E-state index is 6.02. The van der Waals surface area contributed by atoms with E-state index in [0.717, 1.165) is 43.7 Å². The van der Waals surface area contributed by atoms with Crippen molar-refractivity contribution in [2.24, 2.45) is 10.9 Å². The van der Waals surface area contributed by atoms with Gasteiger partial charge in [-0.1, -0.05) is 36.4 Å². The third-order valence-electron chi connectivity index (χ3n) is 5.46. The summed E-state index contributed by atoms with van der Waals surface area (Å²) in [5, 5.41) is 7.02. The summed E-state index contributed by atoms with van der Waals surface area (Å²) < 4.78 is 6.02. The van der Waals surface area contributed by atoms with Crippen molar-refractivity contribution < 1.29 is 4.74 Å². The highest BCUT2D eigenvalue weighted by atomic mass is 127. The predicted molar refractivity (Wildman–Crippen MR) is 130 cm³/mol. The van der Waals surface area contributed by atoms with E-state index >= 15 is 0 Å². The molecule has 1 aliphatic carbocycles. The molecule has 0 bridgehead atoms. The number of benzene rings is 2. The van der Waals surface area contributed by atoms with Crippen molar-refractivity contribution in [2.45, 2.75) is 31.8 Å². The average Bonchev–Trinajstić information content (AvgIpc) is 3.46. The van der Waals surface area contributed by atoms with Crippen LogP contribution in [0, 0.1) is 5.92 Å². The number of rotatable bonds is 7. The van der Waals surface area contributed by atoms with Crippen LogP contribution in [0.4, 0.5) is 5.69 Å². The average molecular weight is 506 g/mol. The van der Waals surface area contributed by atoms with Gasteiger partial charge in [0.25, 0.3) is 0 Å². The van der Waals surface area contributed by atoms with Crippen LogP contribution in [-0.2, 0) is 6.54 Å². The Balaban J connectivity index is 0.00000240. The second kappa shape index (κ2) is 10.7. The van der Waals surface area contributed by atoms with Gasteiger partial charge in [0, 0.05) is 44.0 Å². The molecule has 1 atom stereocenters. The van der Waals surface area contributed by atoms with Crippen LogP contribution in [0.25, 0.3) is 0 Å². The van der Waals surface area contributed by atoms with Gasteiger partial charge < -0.3 is 20.3 Å².